The van der Waals surface area contributed by atoms with E-state index in [2.05, 4.69) is 15.3 Å². The molecule has 0 bridgehead atoms. The molecule has 23 heavy (non-hydrogen) atoms. The lowest BCUT2D eigenvalue weighted by atomic mass is 10.1. The quantitative estimate of drug-likeness (QED) is 0.792. The van der Waals surface area contributed by atoms with Crippen molar-refractivity contribution in [1.29, 1.82) is 0 Å². The highest BCUT2D eigenvalue weighted by Crippen LogP contribution is 2.36. The highest BCUT2D eigenvalue weighted by atomic mass is 16.2. The Morgan fingerprint density at radius 1 is 1.26 bits per heavy atom. The largest absolute Gasteiger partial charge is 0.333 e. The van der Waals surface area contributed by atoms with Crippen LogP contribution >= 0.6 is 0 Å². The maximum Gasteiger partial charge on any atom is 0.255 e. The normalized spacial score (nSPS) is 23.4. The number of anilines is 1. The molecule has 118 valence electrons. The third-order valence-corrected chi connectivity index (χ3v) is 4.56. The predicted molar refractivity (Wildman–Crippen MR) is 80.6 cm³/mol. The van der Waals surface area contributed by atoms with Crippen LogP contribution in [-0.2, 0) is 11.8 Å². The Bertz CT molecular complexity index is 758. The first-order valence-electron chi connectivity index (χ1n) is 7.53. The van der Waals surface area contributed by atoms with Gasteiger partial charge in [0.2, 0.25) is 5.91 Å². The van der Waals surface area contributed by atoms with Crippen molar-refractivity contribution in [2.24, 2.45) is 7.05 Å². The van der Waals surface area contributed by atoms with Crippen molar-refractivity contribution in [2.75, 3.05) is 11.4 Å². The molecular weight excluding hydrogens is 296 g/mol. The highest BCUT2D eigenvalue weighted by Gasteiger charge is 2.49. The minimum absolute atomic E-state index is 0.0189. The average Bonchev–Trinajstić information content (AvgIpc) is 3.22. The van der Waals surface area contributed by atoms with Crippen molar-refractivity contribution in [1.82, 2.24) is 24.9 Å². The second kappa shape index (κ2) is 5.15. The first-order valence-corrected chi connectivity index (χ1v) is 7.53. The second-order valence-electron chi connectivity index (χ2n) is 5.89. The van der Waals surface area contributed by atoms with E-state index in [1.54, 1.807) is 26.7 Å². The van der Waals surface area contributed by atoms with E-state index in [9.17, 15) is 9.59 Å². The zero-order valence-corrected chi connectivity index (χ0v) is 12.7. The lowest BCUT2D eigenvalue weighted by molar-refractivity contribution is -0.117. The van der Waals surface area contributed by atoms with Gasteiger partial charge in [0.1, 0.15) is 0 Å². The van der Waals surface area contributed by atoms with E-state index in [0.29, 0.717) is 18.5 Å². The van der Waals surface area contributed by atoms with E-state index in [0.717, 1.165) is 12.1 Å². The standard InChI is InChI=1S/C15H16N6O2/c1-19-9-11(8-18-19)21-12-3-5-20(13(12)6-14(21)22)15(23)10-2-4-16-17-7-10/h2,4,7-9,12-13H,3,5-6H2,1H3/t12-,13+/m0/s1. The summed E-state index contributed by atoms with van der Waals surface area (Å²) >= 11 is 0. The maximum atomic E-state index is 12.7. The van der Waals surface area contributed by atoms with Gasteiger partial charge in [-0.1, -0.05) is 0 Å². The van der Waals surface area contributed by atoms with Crippen molar-refractivity contribution >= 4 is 17.5 Å². The molecule has 2 fully saturated rings. The first kappa shape index (κ1) is 13.9. The third-order valence-electron chi connectivity index (χ3n) is 4.56. The average molecular weight is 312 g/mol. The van der Waals surface area contributed by atoms with Gasteiger partial charge in [-0.25, -0.2) is 0 Å². The molecule has 2 atom stereocenters. The van der Waals surface area contributed by atoms with E-state index in [1.807, 2.05) is 13.2 Å². The first-order chi connectivity index (χ1) is 11.1. The molecular formula is C15H16N6O2. The molecule has 0 radical (unpaired) electrons. The van der Waals surface area contributed by atoms with E-state index >= 15 is 0 Å². The van der Waals surface area contributed by atoms with Crippen LogP contribution < -0.4 is 4.90 Å². The SMILES string of the molecule is Cn1cc(N2C(=O)C[C@@H]3[C@@H]2CCN3C(=O)c2ccnnc2)cn1. The lowest BCUT2D eigenvalue weighted by Gasteiger charge is -2.24. The summed E-state index contributed by atoms with van der Waals surface area (Å²) in [5.74, 6) is -0.0495. The molecule has 2 aliphatic rings. The van der Waals surface area contributed by atoms with E-state index in [4.69, 9.17) is 0 Å². The summed E-state index contributed by atoms with van der Waals surface area (Å²) < 4.78 is 1.68. The van der Waals surface area contributed by atoms with Crippen molar-refractivity contribution in [2.45, 2.75) is 24.9 Å². The molecule has 0 spiro atoms. The second-order valence-corrected chi connectivity index (χ2v) is 5.89. The lowest BCUT2D eigenvalue weighted by Crippen LogP contribution is -2.40. The van der Waals surface area contributed by atoms with Crippen molar-refractivity contribution < 1.29 is 9.59 Å². The number of hydrogen-bond acceptors (Lipinski definition) is 5. The summed E-state index contributed by atoms with van der Waals surface area (Å²) in [5, 5.41) is 11.6. The van der Waals surface area contributed by atoms with Crippen LogP contribution in [0, 0.1) is 0 Å². The Morgan fingerprint density at radius 3 is 2.83 bits per heavy atom. The van der Waals surface area contributed by atoms with Gasteiger partial charge in [-0.3, -0.25) is 14.3 Å². The van der Waals surface area contributed by atoms with E-state index < -0.39 is 0 Å². The monoisotopic (exact) mass is 312 g/mol. The van der Waals surface area contributed by atoms with Gasteiger partial charge in [-0.2, -0.15) is 15.3 Å². The fourth-order valence-electron chi connectivity index (χ4n) is 3.55. The molecule has 0 unspecified atom stereocenters. The van der Waals surface area contributed by atoms with Crippen LogP contribution in [0.5, 0.6) is 0 Å². The van der Waals surface area contributed by atoms with Gasteiger partial charge in [-0.15, -0.1) is 0 Å². The molecule has 0 N–H and O–H groups in total. The molecule has 2 amide bonds. The summed E-state index contributed by atoms with van der Waals surface area (Å²) in [6.07, 6.45) is 7.61. The van der Waals surface area contributed by atoms with Crippen LogP contribution in [-0.4, -0.2) is 55.3 Å². The molecule has 2 saturated heterocycles. The predicted octanol–water partition coefficient (Wildman–Crippen LogP) is 0.230. The Labute approximate surface area is 132 Å². The number of likely N-dealkylation sites (tertiary alicyclic amines) is 1. The van der Waals surface area contributed by atoms with Crippen LogP contribution in [0.1, 0.15) is 23.2 Å². The Hall–Kier alpha value is -2.77. The number of nitrogens with zero attached hydrogens (tertiary/aromatic N) is 6. The fourth-order valence-corrected chi connectivity index (χ4v) is 3.55. The van der Waals surface area contributed by atoms with Gasteiger partial charge >= 0.3 is 0 Å². The molecule has 2 aromatic heterocycles. The van der Waals surface area contributed by atoms with Crippen LogP contribution in [0.15, 0.2) is 30.9 Å². The number of aromatic nitrogens is 4. The van der Waals surface area contributed by atoms with Crippen LogP contribution in [0.3, 0.4) is 0 Å². The Balaban J connectivity index is 1.60. The summed E-state index contributed by atoms with van der Waals surface area (Å²) in [5.41, 5.74) is 1.30. The molecule has 4 heterocycles. The van der Waals surface area contributed by atoms with Crippen molar-refractivity contribution in [3.63, 3.8) is 0 Å². The number of hydrogen-bond donors (Lipinski definition) is 0. The van der Waals surface area contributed by atoms with E-state index in [1.165, 1.54) is 12.4 Å². The fraction of sp³-hybridized carbons (Fsp3) is 0.400. The molecule has 8 nitrogen and oxygen atoms in total. The molecule has 2 aliphatic heterocycles. The molecule has 0 saturated carbocycles. The zero-order valence-electron chi connectivity index (χ0n) is 12.7. The number of carbonyl (C=O) groups is 2. The number of amides is 2. The minimum atomic E-state index is -0.0941. The molecule has 4 rings (SSSR count). The van der Waals surface area contributed by atoms with E-state index in [-0.39, 0.29) is 23.9 Å². The number of rotatable bonds is 2. The highest BCUT2D eigenvalue weighted by molar-refractivity contribution is 6.00. The molecule has 0 aliphatic carbocycles. The Kier molecular flexibility index (Phi) is 3.10. The van der Waals surface area contributed by atoms with Gasteiger partial charge in [0.25, 0.3) is 5.91 Å². The summed E-state index contributed by atoms with van der Waals surface area (Å²) in [4.78, 5) is 28.7. The minimum Gasteiger partial charge on any atom is -0.333 e. The number of fused-ring (bicyclic) bond motifs is 1. The zero-order chi connectivity index (χ0) is 16.0. The topological polar surface area (TPSA) is 84.2 Å². The van der Waals surface area contributed by atoms with Crippen LogP contribution in [0.25, 0.3) is 0 Å². The molecule has 0 aromatic carbocycles. The van der Waals surface area contributed by atoms with Crippen LogP contribution in [0.2, 0.25) is 0 Å². The van der Waals surface area contributed by atoms with Gasteiger partial charge < -0.3 is 9.80 Å². The molecule has 2 aromatic rings. The third kappa shape index (κ3) is 2.18. The number of carbonyl (C=O) groups excluding carboxylic acids is 2. The molecule has 8 heteroatoms. The van der Waals surface area contributed by atoms with Gasteiger partial charge in [-0.05, 0) is 12.5 Å². The van der Waals surface area contributed by atoms with Gasteiger partial charge in [0, 0.05) is 26.2 Å². The van der Waals surface area contributed by atoms with Crippen LogP contribution in [0.4, 0.5) is 5.69 Å². The van der Waals surface area contributed by atoms with Gasteiger partial charge in [0.15, 0.2) is 0 Å². The summed E-state index contributed by atoms with van der Waals surface area (Å²) in [6, 6.07) is 1.58. The number of aryl methyl sites for hydroxylation is 1. The maximum absolute atomic E-state index is 12.7. The van der Waals surface area contributed by atoms with Crippen molar-refractivity contribution in [3.8, 4) is 0 Å². The van der Waals surface area contributed by atoms with Gasteiger partial charge in [0.05, 0.1) is 41.9 Å². The Morgan fingerprint density at radius 2 is 2.13 bits per heavy atom. The summed E-state index contributed by atoms with van der Waals surface area (Å²) in [6.45, 7) is 0.639. The smallest absolute Gasteiger partial charge is 0.255 e. The summed E-state index contributed by atoms with van der Waals surface area (Å²) in [7, 11) is 1.82. The van der Waals surface area contributed by atoms with Crippen molar-refractivity contribution in [3.05, 3.63) is 36.4 Å².